The Morgan fingerprint density at radius 3 is 2.60 bits per heavy atom. The molecule has 20 heavy (non-hydrogen) atoms. The van der Waals surface area contributed by atoms with Gasteiger partial charge in [-0.1, -0.05) is 19.3 Å². The Labute approximate surface area is 121 Å². The van der Waals surface area contributed by atoms with Crippen LogP contribution < -0.4 is 5.32 Å². The van der Waals surface area contributed by atoms with E-state index in [1.54, 1.807) is 0 Å². The van der Waals surface area contributed by atoms with Crippen molar-refractivity contribution in [2.45, 2.75) is 75.9 Å². The molecule has 0 aliphatic heterocycles. The van der Waals surface area contributed by atoms with Crippen LogP contribution in [-0.4, -0.2) is 22.7 Å². The highest BCUT2D eigenvalue weighted by Gasteiger charge is 2.54. The summed E-state index contributed by atoms with van der Waals surface area (Å²) in [5, 5.41) is 13.6. The lowest BCUT2D eigenvalue weighted by atomic mass is 9.79. The molecular weight excluding hydrogens is 250 g/mol. The third kappa shape index (κ3) is 2.09. The van der Waals surface area contributed by atoms with Crippen LogP contribution in [0.2, 0.25) is 0 Å². The van der Waals surface area contributed by atoms with Crippen molar-refractivity contribution in [3.8, 4) is 0 Å². The van der Waals surface area contributed by atoms with E-state index in [4.69, 9.17) is 0 Å². The number of amides is 1. The first-order chi connectivity index (χ1) is 9.65. The maximum atomic E-state index is 12.3. The lowest BCUT2D eigenvalue weighted by Crippen LogP contribution is -2.44. The molecule has 112 valence electrons. The summed E-state index contributed by atoms with van der Waals surface area (Å²) in [6.45, 7) is 0. The van der Waals surface area contributed by atoms with Gasteiger partial charge in [0, 0.05) is 6.04 Å². The second kappa shape index (κ2) is 4.72. The molecule has 5 atom stereocenters. The monoisotopic (exact) mass is 277 g/mol. The van der Waals surface area contributed by atoms with E-state index in [1.807, 2.05) is 0 Å². The fraction of sp³-hybridized carbons (Fsp3) is 0.941. The van der Waals surface area contributed by atoms with E-state index in [9.17, 15) is 9.90 Å². The van der Waals surface area contributed by atoms with Gasteiger partial charge in [-0.05, 0) is 62.2 Å². The van der Waals surface area contributed by atoms with Crippen molar-refractivity contribution in [3.05, 3.63) is 0 Å². The number of fused-ring (bicyclic) bond motifs is 5. The number of hydrogen-bond donors (Lipinski definition) is 2. The Morgan fingerprint density at radius 1 is 1.05 bits per heavy atom. The Bertz CT molecular complexity index is 402. The van der Waals surface area contributed by atoms with Crippen LogP contribution in [0.25, 0.3) is 0 Å². The second-order valence-corrected chi connectivity index (χ2v) is 7.94. The van der Waals surface area contributed by atoms with E-state index >= 15 is 0 Å². The highest BCUT2D eigenvalue weighted by molar-refractivity contribution is 5.77. The van der Waals surface area contributed by atoms with Crippen LogP contribution in [0.1, 0.15) is 64.2 Å². The van der Waals surface area contributed by atoms with Gasteiger partial charge >= 0.3 is 0 Å². The van der Waals surface area contributed by atoms with Crippen molar-refractivity contribution in [3.63, 3.8) is 0 Å². The maximum Gasteiger partial charge on any atom is 0.223 e. The molecular formula is C17H27NO2. The van der Waals surface area contributed by atoms with Crippen LogP contribution in [-0.2, 0) is 4.79 Å². The Balaban J connectivity index is 1.35. The molecule has 0 heterocycles. The van der Waals surface area contributed by atoms with Crippen molar-refractivity contribution < 1.29 is 9.90 Å². The summed E-state index contributed by atoms with van der Waals surface area (Å²) in [6.07, 6.45) is 10.9. The maximum absolute atomic E-state index is 12.3. The summed E-state index contributed by atoms with van der Waals surface area (Å²) in [5.74, 6) is 3.60. The van der Waals surface area contributed by atoms with Crippen molar-refractivity contribution in [2.75, 3.05) is 0 Å². The van der Waals surface area contributed by atoms with Crippen LogP contribution in [0.15, 0.2) is 0 Å². The van der Waals surface area contributed by atoms with Crippen LogP contribution in [0.3, 0.4) is 0 Å². The summed E-state index contributed by atoms with van der Waals surface area (Å²) < 4.78 is 0. The summed E-state index contributed by atoms with van der Waals surface area (Å²) in [4.78, 5) is 12.3. The first-order valence-corrected chi connectivity index (χ1v) is 8.66. The number of carbonyl (C=O) groups excluding carboxylic acids is 1. The van der Waals surface area contributed by atoms with Gasteiger partial charge in [0.15, 0.2) is 0 Å². The summed E-state index contributed by atoms with van der Waals surface area (Å²) in [5.41, 5.74) is -0.697. The zero-order chi connectivity index (χ0) is 13.7. The highest BCUT2D eigenvalue weighted by Crippen LogP contribution is 2.58. The van der Waals surface area contributed by atoms with E-state index in [0.717, 1.165) is 49.4 Å². The molecule has 3 heteroatoms. The average Bonchev–Trinajstić information content (AvgIpc) is 3.08. The molecule has 5 unspecified atom stereocenters. The first kappa shape index (κ1) is 13.1. The van der Waals surface area contributed by atoms with Gasteiger partial charge in [-0.25, -0.2) is 0 Å². The van der Waals surface area contributed by atoms with Gasteiger partial charge in [0.1, 0.15) is 0 Å². The molecule has 0 spiro atoms. The molecule has 0 saturated heterocycles. The first-order valence-electron chi connectivity index (χ1n) is 8.66. The minimum Gasteiger partial charge on any atom is -0.389 e. The van der Waals surface area contributed by atoms with E-state index in [0.29, 0.717) is 12.5 Å². The quantitative estimate of drug-likeness (QED) is 0.833. The number of carbonyl (C=O) groups is 1. The highest BCUT2D eigenvalue weighted by atomic mass is 16.3. The predicted octanol–water partition coefficient (Wildman–Crippen LogP) is 2.62. The standard InChI is InChI=1S/C17H27NO2/c19-16(10-17(20)6-1-2-7-17)18-15-9-11-8-14(15)13-5-3-4-12(11)13/h11-15,20H,1-10H2,(H,18,19). The number of nitrogens with one attached hydrogen (secondary N) is 1. The lowest BCUT2D eigenvalue weighted by Gasteiger charge is -2.33. The molecule has 4 fully saturated rings. The molecule has 0 aromatic heterocycles. The van der Waals surface area contributed by atoms with Crippen LogP contribution in [0.5, 0.6) is 0 Å². The molecule has 4 rings (SSSR count). The minimum atomic E-state index is -0.697. The topological polar surface area (TPSA) is 49.3 Å². The molecule has 4 saturated carbocycles. The molecule has 2 N–H and O–H groups in total. The van der Waals surface area contributed by atoms with Gasteiger partial charge in [0.05, 0.1) is 12.0 Å². The number of aliphatic hydroxyl groups is 1. The third-order valence-electron chi connectivity index (χ3n) is 6.80. The lowest BCUT2D eigenvalue weighted by molar-refractivity contribution is -0.127. The Morgan fingerprint density at radius 2 is 1.80 bits per heavy atom. The van der Waals surface area contributed by atoms with Gasteiger partial charge in [0.2, 0.25) is 5.91 Å². The molecule has 0 radical (unpaired) electrons. The van der Waals surface area contributed by atoms with Gasteiger partial charge < -0.3 is 10.4 Å². The minimum absolute atomic E-state index is 0.0986. The summed E-state index contributed by atoms with van der Waals surface area (Å²) in [7, 11) is 0. The summed E-state index contributed by atoms with van der Waals surface area (Å²) >= 11 is 0. The molecule has 1 amide bonds. The Hall–Kier alpha value is -0.570. The Kier molecular flexibility index (Phi) is 3.10. The van der Waals surface area contributed by atoms with Crippen molar-refractivity contribution in [1.29, 1.82) is 0 Å². The van der Waals surface area contributed by atoms with Crippen LogP contribution in [0, 0.1) is 23.7 Å². The molecule has 4 aliphatic rings. The van der Waals surface area contributed by atoms with Crippen molar-refractivity contribution in [1.82, 2.24) is 5.32 Å². The van der Waals surface area contributed by atoms with Gasteiger partial charge in [-0.3, -0.25) is 4.79 Å². The van der Waals surface area contributed by atoms with E-state index in [-0.39, 0.29) is 5.91 Å². The number of rotatable bonds is 3. The van der Waals surface area contributed by atoms with Gasteiger partial charge in [-0.15, -0.1) is 0 Å². The normalized spacial score (nSPS) is 44.8. The average molecular weight is 277 g/mol. The zero-order valence-corrected chi connectivity index (χ0v) is 12.3. The second-order valence-electron chi connectivity index (χ2n) is 7.94. The molecule has 0 aromatic rings. The largest absolute Gasteiger partial charge is 0.389 e. The molecule has 2 bridgehead atoms. The van der Waals surface area contributed by atoms with Crippen LogP contribution >= 0.6 is 0 Å². The van der Waals surface area contributed by atoms with Gasteiger partial charge in [0.25, 0.3) is 0 Å². The van der Waals surface area contributed by atoms with Crippen LogP contribution in [0.4, 0.5) is 0 Å². The molecule has 0 aromatic carbocycles. The predicted molar refractivity (Wildman–Crippen MR) is 77.0 cm³/mol. The van der Waals surface area contributed by atoms with Crippen molar-refractivity contribution in [2.24, 2.45) is 23.7 Å². The fourth-order valence-corrected chi connectivity index (χ4v) is 6.00. The summed E-state index contributed by atoms with van der Waals surface area (Å²) in [6, 6.07) is 0.414. The van der Waals surface area contributed by atoms with E-state index in [1.165, 1.54) is 32.1 Å². The molecule has 4 aliphatic carbocycles. The number of hydrogen-bond acceptors (Lipinski definition) is 2. The smallest absolute Gasteiger partial charge is 0.223 e. The van der Waals surface area contributed by atoms with Crippen molar-refractivity contribution >= 4 is 5.91 Å². The molecule has 3 nitrogen and oxygen atoms in total. The fourth-order valence-electron chi connectivity index (χ4n) is 6.00. The van der Waals surface area contributed by atoms with Gasteiger partial charge in [-0.2, -0.15) is 0 Å². The van der Waals surface area contributed by atoms with E-state index < -0.39 is 5.60 Å². The van der Waals surface area contributed by atoms with E-state index in [2.05, 4.69) is 5.32 Å². The third-order valence-corrected chi connectivity index (χ3v) is 6.80. The SMILES string of the molecule is O=C(CC1(O)CCCC1)NC1CC2CC1C1CCCC21. The zero-order valence-electron chi connectivity index (χ0n) is 12.3.